The molecule has 1 heterocycles. The maximum absolute atomic E-state index is 11.4. The molecule has 0 bridgehead atoms. The van der Waals surface area contributed by atoms with Gasteiger partial charge in [-0.3, -0.25) is 15.0 Å². The summed E-state index contributed by atoms with van der Waals surface area (Å²) in [5.74, 6) is -0.589. The van der Waals surface area contributed by atoms with Gasteiger partial charge in [0.15, 0.2) is 5.56 Å². The monoisotopic (exact) mass is 276 g/mol. The summed E-state index contributed by atoms with van der Waals surface area (Å²) in [6.07, 6.45) is 0. The first kappa shape index (κ1) is 13.9. The number of aromatic carboxylic acids is 1. The zero-order valence-electron chi connectivity index (χ0n) is 11.5. The third kappa shape index (κ3) is 2.90. The summed E-state index contributed by atoms with van der Waals surface area (Å²) >= 11 is 0. The molecule has 1 aromatic carbocycles. The van der Waals surface area contributed by atoms with Crippen LogP contribution in [0, 0.1) is 0 Å². The van der Waals surface area contributed by atoms with Crippen LogP contribution in [0.3, 0.4) is 0 Å². The highest BCUT2D eigenvalue weighted by Gasteiger charge is 2.18. The van der Waals surface area contributed by atoms with E-state index in [9.17, 15) is 9.59 Å². The molecule has 6 heteroatoms. The van der Waals surface area contributed by atoms with Gasteiger partial charge in [0.25, 0.3) is 5.56 Å². The minimum Gasteiger partial charge on any atom is -0.488 e. The molecule has 0 aliphatic heterocycles. The van der Waals surface area contributed by atoms with E-state index in [-0.39, 0.29) is 16.9 Å². The normalized spacial score (nSPS) is 11.3. The van der Waals surface area contributed by atoms with Gasteiger partial charge in [-0.15, -0.1) is 0 Å². The van der Waals surface area contributed by atoms with Gasteiger partial charge < -0.3 is 9.84 Å². The van der Waals surface area contributed by atoms with Crippen molar-refractivity contribution in [2.45, 2.75) is 26.4 Å². The molecule has 6 nitrogen and oxygen atoms in total. The molecule has 20 heavy (non-hydrogen) atoms. The predicted octanol–water partition coefficient (Wildman–Crippen LogP) is 2.25. The average molecular weight is 276 g/mol. The van der Waals surface area contributed by atoms with Gasteiger partial charge in [0, 0.05) is 5.56 Å². The third-order valence-corrected chi connectivity index (χ3v) is 2.56. The lowest BCUT2D eigenvalue weighted by atomic mass is 10.1. The second-order valence-electron chi connectivity index (χ2n) is 5.37. The number of H-pyrrole nitrogens is 2. The van der Waals surface area contributed by atoms with Crippen LogP contribution in [0.2, 0.25) is 0 Å². The van der Waals surface area contributed by atoms with Crippen LogP contribution in [0.25, 0.3) is 11.3 Å². The topological polar surface area (TPSA) is 95.2 Å². The number of aromatic nitrogens is 2. The van der Waals surface area contributed by atoms with Crippen molar-refractivity contribution in [3.8, 4) is 17.0 Å². The second-order valence-corrected chi connectivity index (χ2v) is 5.37. The first-order valence-electron chi connectivity index (χ1n) is 6.11. The highest BCUT2D eigenvalue weighted by atomic mass is 16.5. The number of aromatic amines is 2. The Morgan fingerprint density at radius 3 is 2.25 bits per heavy atom. The molecule has 0 aliphatic rings. The first-order chi connectivity index (χ1) is 9.28. The quantitative estimate of drug-likeness (QED) is 0.801. The summed E-state index contributed by atoms with van der Waals surface area (Å²) in [6.45, 7) is 5.81. The van der Waals surface area contributed by atoms with E-state index in [0.717, 1.165) is 0 Å². The standard InChI is InChI=1S/C14H16N2O4/c1-14(2,3)20-9-6-4-8(5-7-9)11-10(13(18)19)12(17)16-15-11/h4-7H,1-3H3,(H,18,19)(H2,15,16,17). The Bertz CT molecular complexity index is 674. The van der Waals surface area contributed by atoms with Crippen LogP contribution >= 0.6 is 0 Å². The summed E-state index contributed by atoms with van der Waals surface area (Å²) in [5, 5.41) is 13.9. The van der Waals surface area contributed by atoms with Gasteiger partial charge in [-0.1, -0.05) is 0 Å². The SMILES string of the molecule is CC(C)(C)Oc1ccc(-c2[nH][nH]c(=O)c2C(=O)O)cc1. The van der Waals surface area contributed by atoms with E-state index >= 15 is 0 Å². The molecule has 2 rings (SSSR count). The average Bonchev–Trinajstić information content (AvgIpc) is 2.70. The zero-order valence-corrected chi connectivity index (χ0v) is 11.5. The van der Waals surface area contributed by atoms with Crippen LogP contribution in [0.4, 0.5) is 0 Å². The summed E-state index contributed by atoms with van der Waals surface area (Å²) in [4.78, 5) is 22.5. The fraction of sp³-hybridized carbons (Fsp3) is 0.286. The number of carboxylic acid groups (broad SMARTS) is 1. The van der Waals surface area contributed by atoms with Crippen molar-refractivity contribution in [1.29, 1.82) is 0 Å². The van der Waals surface area contributed by atoms with Gasteiger partial charge in [-0.25, -0.2) is 4.79 Å². The van der Waals surface area contributed by atoms with E-state index in [4.69, 9.17) is 9.84 Å². The molecular weight excluding hydrogens is 260 g/mol. The number of ether oxygens (including phenoxy) is 1. The van der Waals surface area contributed by atoms with Crippen molar-refractivity contribution < 1.29 is 14.6 Å². The number of benzene rings is 1. The Morgan fingerprint density at radius 2 is 1.75 bits per heavy atom. The molecule has 0 fully saturated rings. The van der Waals surface area contributed by atoms with Gasteiger partial charge in [0.1, 0.15) is 11.4 Å². The number of carboxylic acids is 1. The van der Waals surface area contributed by atoms with Crippen LogP contribution in [-0.2, 0) is 0 Å². The maximum Gasteiger partial charge on any atom is 0.343 e. The molecule has 3 N–H and O–H groups in total. The van der Waals surface area contributed by atoms with Gasteiger partial charge in [0.2, 0.25) is 0 Å². The van der Waals surface area contributed by atoms with Crippen LogP contribution in [0.1, 0.15) is 31.1 Å². The van der Waals surface area contributed by atoms with Crippen LogP contribution in [-0.4, -0.2) is 26.9 Å². The summed E-state index contributed by atoms with van der Waals surface area (Å²) in [6, 6.07) is 6.87. The van der Waals surface area contributed by atoms with E-state index in [1.165, 1.54) is 0 Å². The molecule has 0 spiro atoms. The van der Waals surface area contributed by atoms with E-state index in [1.54, 1.807) is 24.3 Å². The smallest absolute Gasteiger partial charge is 0.343 e. The summed E-state index contributed by atoms with van der Waals surface area (Å²) in [7, 11) is 0. The molecule has 0 saturated heterocycles. The molecule has 0 saturated carbocycles. The molecule has 0 radical (unpaired) electrons. The van der Waals surface area contributed by atoms with Crippen LogP contribution in [0.15, 0.2) is 29.1 Å². The molecule has 2 aromatic rings. The molecule has 0 aliphatic carbocycles. The molecular formula is C14H16N2O4. The number of hydrogen-bond acceptors (Lipinski definition) is 3. The zero-order chi connectivity index (χ0) is 14.9. The third-order valence-electron chi connectivity index (χ3n) is 2.56. The van der Waals surface area contributed by atoms with Crippen molar-refractivity contribution in [2.24, 2.45) is 0 Å². The molecule has 106 valence electrons. The first-order valence-corrected chi connectivity index (χ1v) is 6.11. The number of rotatable bonds is 3. The number of nitrogens with one attached hydrogen (secondary N) is 2. The molecule has 0 atom stereocenters. The van der Waals surface area contributed by atoms with Gasteiger partial charge >= 0.3 is 5.97 Å². The van der Waals surface area contributed by atoms with Crippen LogP contribution in [0.5, 0.6) is 5.75 Å². The van der Waals surface area contributed by atoms with Gasteiger partial charge in [-0.05, 0) is 45.0 Å². The fourth-order valence-electron chi connectivity index (χ4n) is 1.82. The van der Waals surface area contributed by atoms with Crippen molar-refractivity contribution in [2.75, 3.05) is 0 Å². The van der Waals surface area contributed by atoms with E-state index in [1.807, 2.05) is 20.8 Å². The Labute approximate surface area is 115 Å². The minimum atomic E-state index is -1.27. The Kier molecular flexibility index (Phi) is 3.40. The van der Waals surface area contributed by atoms with E-state index in [0.29, 0.717) is 11.3 Å². The lowest BCUT2D eigenvalue weighted by Gasteiger charge is -2.21. The minimum absolute atomic E-state index is 0.254. The van der Waals surface area contributed by atoms with Crippen molar-refractivity contribution in [1.82, 2.24) is 10.2 Å². The Morgan fingerprint density at radius 1 is 1.15 bits per heavy atom. The van der Waals surface area contributed by atoms with Crippen molar-refractivity contribution in [3.63, 3.8) is 0 Å². The largest absolute Gasteiger partial charge is 0.488 e. The van der Waals surface area contributed by atoms with Crippen LogP contribution < -0.4 is 10.3 Å². The highest BCUT2D eigenvalue weighted by molar-refractivity contribution is 5.94. The highest BCUT2D eigenvalue weighted by Crippen LogP contribution is 2.24. The maximum atomic E-state index is 11.4. The van der Waals surface area contributed by atoms with E-state index < -0.39 is 11.5 Å². The second kappa shape index (κ2) is 4.88. The fourth-order valence-corrected chi connectivity index (χ4v) is 1.82. The molecule has 0 unspecified atom stereocenters. The lowest BCUT2D eigenvalue weighted by molar-refractivity contribution is 0.0696. The van der Waals surface area contributed by atoms with Crippen molar-refractivity contribution >= 4 is 5.97 Å². The lowest BCUT2D eigenvalue weighted by Crippen LogP contribution is -2.22. The summed E-state index contributed by atoms with van der Waals surface area (Å²) < 4.78 is 5.68. The van der Waals surface area contributed by atoms with E-state index in [2.05, 4.69) is 10.2 Å². The van der Waals surface area contributed by atoms with Gasteiger partial charge in [0.05, 0.1) is 5.69 Å². The number of hydrogen-bond donors (Lipinski definition) is 3. The Balaban J connectivity index is 2.36. The predicted molar refractivity (Wildman–Crippen MR) is 74.2 cm³/mol. The van der Waals surface area contributed by atoms with Crippen molar-refractivity contribution in [3.05, 3.63) is 40.2 Å². The van der Waals surface area contributed by atoms with Gasteiger partial charge in [-0.2, -0.15) is 0 Å². The Hall–Kier alpha value is -2.50. The molecule has 1 aromatic heterocycles. The number of carbonyl (C=O) groups is 1. The molecule has 0 amide bonds. The summed E-state index contributed by atoms with van der Waals surface area (Å²) in [5.41, 5.74) is -0.403.